The number of rotatable bonds is 9. The molecule has 3 aromatic carbocycles. The minimum absolute atomic E-state index is 0.00227. The summed E-state index contributed by atoms with van der Waals surface area (Å²) >= 11 is 1.35. The predicted octanol–water partition coefficient (Wildman–Crippen LogP) is 4.57. The Hall–Kier alpha value is -4.11. The number of ketones is 1. The quantitative estimate of drug-likeness (QED) is 0.324. The van der Waals surface area contributed by atoms with Crippen molar-refractivity contribution in [2.75, 3.05) is 23.8 Å². The Morgan fingerprint density at radius 3 is 2.36 bits per heavy atom. The second-order valence-electron chi connectivity index (χ2n) is 7.88. The number of anilines is 2. The van der Waals surface area contributed by atoms with Crippen LogP contribution in [0.2, 0.25) is 0 Å². The zero-order valence-electron chi connectivity index (χ0n) is 19.5. The van der Waals surface area contributed by atoms with Crippen LogP contribution >= 0.6 is 11.8 Å². The first-order valence-electron chi connectivity index (χ1n) is 11.3. The third-order valence-corrected chi connectivity index (χ3v) is 6.58. The molecule has 1 unspecified atom stereocenters. The van der Waals surface area contributed by atoms with E-state index in [1.807, 2.05) is 31.2 Å². The second kappa shape index (κ2) is 11.5. The van der Waals surface area contributed by atoms with E-state index in [-0.39, 0.29) is 29.6 Å². The van der Waals surface area contributed by atoms with Crippen LogP contribution in [0.1, 0.15) is 34.1 Å². The van der Waals surface area contributed by atoms with Crippen molar-refractivity contribution in [2.45, 2.75) is 23.5 Å². The van der Waals surface area contributed by atoms with Gasteiger partial charge in [-0.2, -0.15) is 0 Å². The van der Waals surface area contributed by atoms with Gasteiger partial charge in [-0.25, -0.2) is 4.79 Å². The third kappa shape index (κ3) is 6.31. The van der Waals surface area contributed by atoms with Gasteiger partial charge in [0.25, 0.3) is 0 Å². The van der Waals surface area contributed by atoms with Gasteiger partial charge in [0.05, 0.1) is 23.1 Å². The number of para-hydroxylation sites is 1. The van der Waals surface area contributed by atoms with Crippen LogP contribution in [0.3, 0.4) is 0 Å². The number of carbonyl (C=O) groups is 4. The minimum Gasteiger partial charge on any atom is -0.494 e. The molecule has 2 N–H and O–H groups in total. The van der Waals surface area contributed by atoms with Crippen LogP contribution in [0.15, 0.2) is 77.7 Å². The third-order valence-electron chi connectivity index (χ3n) is 5.30. The Morgan fingerprint density at radius 2 is 1.64 bits per heavy atom. The molecule has 0 bridgehead atoms. The molecule has 8 nitrogen and oxygen atoms in total. The number of esters is 1. The standard InChI is InChI=1S/C27H24N2O6S/c1-2-34-20-13-9-17(10-14-20)22(30)16-35-27(33)18-7-11-19(12-8-18)28-25(31)15-24-26(32)29-21-5-3-4-6-23(21)36-24/h3-14,24H,2,15-16H2,1H3,(H,28,31)(H,29,32). The highest BCUT2D eigenvalue weighted by atomic mass is 32.2. The number of nitrogens with one attached hydrogen (secondary N) is 2. The van der Waals surface area contributed by atoms with E-state index in [0.29, 0.717) is 23.6 Å². The zero-order valence-corrected chi connectivity index (χ0v) is 20.3. The molecule has 0 spiro atoms. The summed E-state index contributed by atoms with van der Waals surface area (Å²) in [6.45, 7) is 2.00. The molecule has 1 aliphatic rings. The number of fused-ring (bicyclic) bond motifs is 1. The summed E-state index contributed by atoms with van der Waals surface area (Å²) in [6.07, 6.45) is 0.00227. The van der Waals surface area contributed by atoms with E-state index in [0.717, 1.165) is 10.6 Å². The molecule has 0 radical (unpaired) electrons. The maximum Gasteiger partial charge on any atom is 0.338 e. The van der Waals surface area contributed by atoms with Gasteiger partial charge in [-0.1, -0.05) is 12.1 Å². The molecule has 3 aromatic rings. The van der Waals surface area contributed by atoms with Crippen molar-refractivity contribution in [2.24, 2.45) is 0 Å². The van der Waals surface area contributed by atoms with Crippen LogP contribution in [0.25, 0.3) is 0 Å². The molecule has 2 amide bonds. The highest BCUT2D eigenvalue weighted by molar-refractivity contribution is 8.01. The molecular weight excluding hydrogens is 480 g/mol. The lowest BCUT2D eigenvalue weighted by Gasteiger charge is -2.23. The largest absolute Gasteiger partial charge is 0.494 e. The van der Waals surface area contributed by atoms with Crippen LogP contribution in [-0.2, 0) is 14.3 Å². The first-order chi connectivity index (χ1) is 17.4. The first-order valence-corrected chi connectivity index (χ1v) is 12.2. The van der Waals surface area contributed by atoms with E-state index < -0.39 is 17.8 Å². The number of carbonyl (C=O) groups excluding carboxylic acids is 4. The van der Waals surface area contributed by atoms with Crippen LogP contribution < -0.4 is 15.4 Å². The average molecular weight is 505 g/mol. The lowest BCUT2D eigenvalue weighted by atomic mass is 10.1. The SMILES string of the molecule is CCOc1ccc(C(=O)COC(=O)c2ccc(NC(=O)CC3Sc4ccccc4NC3=O)cc2)cc1. The molecule has 0 aliphatic carbocycles. The highest BCUT2D eigenvalue weighted by Crippen LogP contribution is 2.36. The van der Waals surface area contributed by atoms with Gasteiger partial charge in [0.2, 0.25) is 11.8 Å². The Bertz CT molecular complexity index is 1270. The maximum absolute atomic E-state index is 12.5. The molecule has 0 fully saturated rings. The van der Waals surface area contributed by atoms with Gasteiger partial charge in [0.15, 0.2) is 12.4 Å². The molecule has 36 heavy (non-hydrogen) atoms. The normalized spacial score (nSPS) is 14.2. The van der Waals surface area contributed by atoms with Gasteiger partial charge in [-0.3, -0.25) is 14.4 Å². The molecule has 1 atom stereocenters. The molecule has 0 saturated carbocycles. The van der Waals surface area contributed by atoms with Crippen molar-refractivity contribution in [1.82, 2.24) is 0 Å². The van der Waals surface area contributed by atoms with Crippen LogP contribution in [0.4, 0.5) is 11.4 Å². The van der Waals surface area contributed by atoms with E-state index in [9.17, 15) is 19.2 Å². The van der Waals surface area contributed by atoms with Crippen LogP contribution in [-0.4, -0.2) is 42.0 Å². The van der Waals surface area contributed by atoms with Crippen molar-refractivity contribution < 1.29 is 28.7 Å². The Kier molecular flexibility index (Phi) is 8.02. The van der Waals surface area contributed by atoms with Gasteiger partial charge in [-0.15, -0.1) is 11.8 Å². The van der Waals surface area contributed by atoms with Crippen molar-refractivity contribution in [3.8, 4) is 5.75 Å². The van der Waals surface area contributed by atoms with Crippen molar-refractivity contribution >= 4 is 46.7 Å². The number of hydrogen-bond donors (Lipinski definition) is 2. The van der Waals surface area contributed by atoms with E-state index in [4.69, 9.17) is 9.47 Å². The fourth-order valence-corrected chi connectivity index (χ4v) is 4.61. The maximum atomic E-state index is 12.5. The summed E-state index contributed by atoms with van der Waals surface area (Å²) in [6, 6.07) is 20.2. The van der Waals surface area contributed by atoms with E-state index in [1.165, 1.54) is 23.9 Å². The Balaban J connectivity index is 1.26. The smallest absolute Gasteiger partial charge is 0.338 e. The van der Waals surface area contributed by atoms with Gasteiger partial charge in [0.1, 0.15) is 5.75 Å². The van der Waals surface area contributed by atoms with Crippen molar-refractivity contribution in [1.29, 1.82) is 0 Å². The minimum atomic E-state index is -0.652. The van der Waals surface area contributed by atoms with Crippen LogP contribution in [0, 0.1) is 0 Å². The van der Waals surface area contributed by atoms with Gasteiger partial charge in [-0.05, 0) is 67.6 Å². The lowest BCUT2D eigenvalue weighted by molar-refractivity contribution is -0.120. The summed E-state index contributed by atoms with van der Waals surface area (Å²) in [5.74, 6) is -0.863. The zero-order chi connectivity index (χ0) is 25.5. The van der Waals surface area contributed by atoms with Gasteiger partial charge >= 0.3 is 5.97 Å². The number of Topliss-reactive ketones (excluding diaryl/α,β-unsaturated/α-hetero) is 1. The monoisotopic (exact) mass is 504 g/mol. The van der Waals surface area contributed by atoms with E-state index in [1.54, 1.807) is 36.4 Å². The Morgan fingerprint density at radius 1 is 0.944 bits per heavy atom. The summed E-state index contributed by atoms with van der Waals surface area (Å²) in [4.78, 5) is 50.3. The number of thioether (sulfide) groups is 1. The lowest BCUT2D eigenvalue weighted by Crippen LogP contribution is -2.32. The van der Waals surface area contributed by atoms with Crippen LogP contribution in [0.5, 0.6) is 5.75 Å². The van der Waals surface area contributed by atoms with E-state index in [2.05, 4.69) is 10.6 Å². The second-order valence-corrected chi connectivity index (χ2v) is 9.12. The van der Waals surface area contributed by atoms with E-state index >= 15 is 0 Å². The number of benzene rings is 3. The van der Waals surface area contributed by atoms with Gasteiger partial charge in [0, 0.05) is 22.6 Å². The molecule has 1 heterocycles. The van der Waals surface area contributed by atoms with Crippen molar-refractivity contribution in [3.05, 3.63) is 83.9 Å². The fourth-order valence-electron chi connectivity index (χ4n) is 3.50. The number of ether oxygens (including phenoxy) is 2. The molecule has 184 valence electrons. The molecule has 4 rings (SSSR count). The molecule has 1 aliphatic heterocycles. The fraction of sp³-hybridized carbons (Fsp3) is 0.185. The number of amides is 2. The first kappa shape index (κ1) is 25.0. The Labute approximate surface area is 212 Å². The average Bonchev–Trinajstić information content (AvgIpc) is 2.88. The van der Waals surface area contributed by atoms with Crippen molar-refractivity contribution in [3.63, 3.8) is 0 Å². The summed E-state index contributed by atoms with van der Waals surface area (Å²) < 4.78 is 10.5. The molecule has 0 aromatic heterocycles. The summed E-state index contributed by atoms with van der Waals surface area (Å²) in [5.41, 5.74) is 1.88. The highest BCUT2D eigenvalue weighted by Gasteiger charge is 2.28. The predicted molar refractivity (Wildman–Crippen MR) is 137 cm³/mol. The topological polar surface area (TPSA) is 111 Å². The summed E-state index contributed by atoms with van der Waals surface area (Å²) in [7, 11) is 0. The molecule has 0 saturated heterocycles. The molecule has 9 heteroatoms. The van der Waals surface area contributed by atoms with Gasteiger partial charge < -0.3 is 20.1 Å². The number of hydrogen-bond acceptors (Lipinski definition) is 7. The molecular formula is C27H24N2O6S. The summed E-state index contributed by atoms with van der Waals surface area (Å²) in [5, 5.41) is 5.01.